The fourth-order valence-corrected chi connectivity index (χ4v) is 2.18. The monoisotopic (exact) mass is 286 g/mol. The second kappa shape index (κ2) is 9.55. The predicted octanol–water partition coefficient (Wildman–Crippen LogP) is -0.166. The van der Waals surface area contributed by atoms with Crippen LogP contribution in [0.25, 0.3) is 0 Å². The Bertz CT molecular complexity index is 306. The van der Waals surface area contributed by atoms with Crippen LogP contribution in [0, 0.1) is 0 Å². The number of carbonyl (C=O) groups excluding carboxylic acids is 1. The zero-order chi connectivity index (χ0) is 14.8. The minimum Gasteiger partial charge on any atom is -0.481 e. The van der Waals surface area contributed by atoms with Gasteiger partial charge in [-0.1, -0.05) is 6.92 Å². The van der Waals surface area contributed by atoms with Gasteiger partial charge in [0.25, 0.3) is 0 Å². The van der Waals surface area contributed by atoms with E-state index in [1.165, 1.54) is 0 Å². The summed E-state index contributed by atoms with van der Waals surface area (Å²) in [6.07, 6.45) is 1.48. The van der Waals surface area contributed by atoms with Crippen LogP contribution in [-0.4, -0.2) is 67.3 Å². The maximum Gasteiger partial charge on any atom is 0.315 e. The molecule has 2 amide bonds. The van der Waals surface area contributed by atoms with Crippen molar-refractivity contribution < 1.29 is 14.7 Å². The minimum absolute atomic E-state index is 0.0370. The molecule has 0 spiro atoms. The predicted molar refractivity (Wildman–Crippen MR) is 76.8 cm³/mol. The fourth-order valence-electron chi connectivity index (χ4n) is 2.18. The molecule has 1 atom stereocenters. The first kappa shape index (κ1) is 16.7. The highest BCUT2D eigenvalue weighted by Gasteiger charge is 2.13. The van der Waals surface area contributed by atoms with Crippen molar-refractivity contribution in [3.05, 3.63) is 0 Å². The molecule has 0 radical (unpaired) electrons. The quantitative estimate of drug-likeness (QED) is 0.465. The van der Waals surface area contributed by atoms with E-state index in [9.17, 15) is 9.59 Å². The molecule has 1 fully saturated rings. The zero-order valence-electron chi connectivity index (χ0n) is 12.2. The SMILES string of the molecule is CCC(CC(=O)O)NC(=O)NCCCN1CCNCC1. The summed E-state index contributed by atoms with van der Waals surface area (Å²) < 4.78 is 0. The molecule has 116 valence electrons. The maximum atomic E-state index is 11.6. The van der Waals surface area contributed by atoms with Gasteiger partial charge in [-0.2, -0.15) is 0 Å². The number of carbonyl (C=O) groups is 2. The summed E-state index contributed by atoms with van der Waals surface area (Å²) >= 11 is 0. The molecule has 0 aromatic rings. The molecular formula is C13H26N4O3. The summed E-state index contributed by atoms with van der Waals surface area (Å²) in [6, 6.07) is -0.584. The van der Waals surface area contributed by atoms with Crippen molar-refractivity contribution in [2.75, 3.05) is 39.3 Å². The van der Waals surface area contributed by atoms with Gasteiger partial charge in [-0.15, -0.1) is 0 Å². The summed E-state index contributed by atoms with van der Waals surface area (Å²) in [4.78, 5) is 24.6. The van der Waals surface area contributed by atoms with Gasteiger partial charge in [0.2, 0.25) is 0 Å². The Morgan fingerprint density at radius 2 is 2.05 bits per heavy atom. The van der Waals surface area contributed by atoms with Gasteiger partial charge in [-0.3, -0.25) is 4.79 Å². The lowest BCUT2D eigenvalue weighted by Gasteiger charge is -2.27. The molecule has 1 saturated heterocycles. The number of carboxylic acids is 1. The number of hydrogen-bond acceptors (Lipinski definition) is 4. The van der Waals surface area contributed by atoms with E-state index in [-0.39, 0.29) is 18.5 Å². The average molecular weight is 286 g/mol. The molecule has 1 aliphatic heterocycles. The Morgan fingerprint density at radius 3 is 2.65 bits per heavy atom. The number of piperazine rings is 1. The van der Waals surface area contributed by atoms with E-state index in [4.69, 9.17) is 5.11 Å². The van der Waals surface area contributed by atoms with Gasteiger partial charge >= 0.3 is 12.0 Å². The van der Waals surface area contributed by atoms with E-state index in [0.29, 0.717) is 13.0 Å². The molecule has 1 rings (SSSR count). The third kappa shape index (κ3) is 7.30. The minimum atomic E-state index is -0.893. The van der Waals surface area contributed by atoms with Crippen LogP contribution in [0.4, 0.5) is 4.79 Å². The van der Waals surface area contributed by atoms with E-state index in [2.05, 4.69) is 20.9 Å². The van der Waals surface area contributed by atoms with Crippen LogP contribution in [0.1, 0.15) is 26.2 Å². The van der Waals surface area contributed by atoms with Crippen molar-refractivity contribution >= 4 is 12.0 Å². The number of hydrogen-bond donors (Lipinski definition) is 4. The van der Waals surface area contributed by atoms with Crippen LogP contribution >= 0.6 is 0 Å². The number of amides is 2. The van der Waals surface area contributed by atoms with Crippen LogP contribution in [0.15, 0.2) is 0 Å². The first-order chi connectivity index (χ1) is 9.61. The second-order valence-corrected chi connectivity index (χ2v) is 5.05. The van der Waals surface area contributed by atoms with Crippen molar-refractivity contribution in [1.29, 1.82) is 0 Å². The Morgan fingerprint density at radius 1 is 1.35 bits per heavy atom. The van der Waals surface area contributed by atoms with Crippen LogP contribution in [0.3, 0.4) is 0 Å². The summed E-state index contributed by atoms with van der Waals surface area (Å²) in [7, 11) is 0. The Balaban J connectivity index is 2.08. The Hall–Kier alpha value is -1.34. The fraction of sp³-hybridized carbons (Fsp3) is 0.846. The molecule has 4 N–H and O–H groups in total. The van der Waals surface area contributed by atoms with Crippen LogP contribution in [0.5, 0.6) is 0 Å². The van der Waals surface area contributed by atoms with E-state index in [0.717, 1.165) is 39.1 Å². The molecule has 1 aliphatic rings. The number of urea groups is 1. The normalized spacial score (nSPS) is 17.4. The topological polar surface area (TPSA) is 93.7 Å². The first-order valence-corrected chi connectivity index (χ1v) is 7.31. The zero-order valence-corrected chi connectivity index (χ0v) is 12.2. The highest BCUT2D eigenvalue weighted by molar-refractivity contribution is 5.75. The summed E-state index contributed by atoms with van der Waals surface area (Å²) in [5.74, 6) is -0.893. The van der Waals surface area contributed by atoms with Crippen molar-refractivity contribution in [3.63, 3.8) is 0 Å². The highest BCUT2D eigenvalue weighted by atomic mass is 16.4. The van der Waals surface area contributed by atoms with Crippen molar-refractivity contribution in [2.45, 2.75) is 32.2 Å². The summed E-state index contributed by atoms with van der Waals surface area (Å²) in [6.45, 7) is 7.62. The Labute approximate surface area is 120 Å². The number of nitrogens with one attached hydrogen (secondary N) is 3. The molecule has 0 aromatic carbocycles. The Kier molecular flexibility index (Phi) is 7.98. The van der Waals surface area contributed by atoms with Crippen molar-refractivity contribution in [3.8, 4) is 0 Å². The van der Waals surface area contributed by atoms with Crippen molar-refractivity contribution in [1.82, 2.24) is 20.9 Å². The molecule has 0 aromatic heterocycles. The lowest BCUT2D eigenvalue weighted by atomic mass is 10.1. The smallest absolute Gasteiger partial charge is 0.315 e. The van der Waals surface area contributed by atoms with Crippen molar-refractivity contribution in [2.24, 2.45) is 0 Å². The number of nitrogens with zero attached hydrogens (tertiary/aromatic N) is 1. The molecule has 0 aliphatic carbocycles. The highest BCUT2D eigenvalue weighted by Crippen LogP contribution is 1.97. The number of aliphatic carboxylic acids is 1. The van der Waals surface area contributed by atoms with Gasteiger partial charge in [-0.05, 0) is 19.4 Å². The molecule has 0 saturated carbocycles. The van der Waals surface area contributed by atoms with Gasteiger partial charge < -0.3 is 26.0 Å². The van der Waals surface area contributed by atoms with E-state index in [1.54, 1.807) is 0 Å². The van der Waals surface area contributed by atoms with Crippen LogP contribution in [0.2, 0.25) is 0 Å². The van der Waals surface area contributed by atoms with Gasteiger partial charge in [0.05, 0.1) is 6.42 Å². The average Bonchev–Trinajstić information content (AvgIpc) is 2.43. The summed E-state index contributed by atoms with van der Waals surface area (Å²) in [5, 5.41) is 17.5. The lowest BCUT2D eigenvalue weighted by molar-refractivity contribution is -0.137. The third-order valence-electron chi connectivity index (χ3n) is 3.40. The van der Waals surface area contributed by atoms with Gasteiger partial charge in [0.1, 0.15) is 0 Å². The third-order valence-corrected chi connectivity index (χ3v) is 3.40. The van der Waals surface area contributed by atoms with Gasteiger partial charge in [0.15, 0.2) is 0 Å². The van der Waals surface area contributed by atoms with Gasteiger partial charge in [-0.25, -0.2) is 4.79 Å². The van der Waals surface area contributed by atoms with Crippen LogP contribution in [-0.2, 0) is 4.79 Å². The first-order valence-electron chi connectivity index (χ1n) is 7.31. The van der Waals surface area contributed by atoms with Crippen LogP contribution < -0.4 is 16.0 Å². The molecule has 1 unspecified atom stereocenters. The second-order valence-electron chi connectivity index (χ2n) is 5.05. The standard InChI is InChI=1S/C13H26N4O3/c1-2-11(10-12(18)19)16-13(20)15-4-3-7-17-8-5-14-6-9-17/h11,14H,2-10H2,1H3,(H,18,19)(H2,15,16,20). The maximum absolute atomic E-state index is 11.6. The molecule has 1 heterocycles. The van der Waals surface area contributed by atoms with E-state index >= 15 is 0 Å². The molecule has 0 bridgehead atoms. The number of carboxylic acid groups (broad SMARTS) is 1. The largest absolute Gasteiger partial charge is 0.481 e. The molecular weight excluding hydrogens is 260 g/mol. The number of rotatable bonds is 8. The van der Waals surface area contributed by atoms with Gasteiger partial charge in [0, 0.05) is 38.8 Å². The molecule has 20 heavy (non-hydrogen) atoms. The molecule has 7 heteroatoms. The molecule has 7 nitrogen and oxygen atoms in total. The summed E-state index contributed by atoms with van der Waals surface area (Å²) in [5.41, 5.74) is 0. The lowest BCUT2D eigenvalue weighted by Crippen LogP contribution is -2.45. The van der Waals surface area contributed by atoms with E-state index in [1.807, 2.05) is 6.92 Å². The van der Waals surface area contributed by atoms with E-state index < -0.39 is 5.97 Å².